The van der Waals surface area contributed by atoms with Crippen LogP contribution in [-0.2, 0) is 28.5 Å². The van der Waals surface area contributed by atoms with Crippen LogP contribution in [0.5, 0.6) is 0 Å². The molecule has 1 saturated heterocycles. The van der Waals surface area contributed by atoms with Crippen molar-refractivity contribution < 1.29 is 53.4 Å². The zero-order valence-electron chi connectivity index (χ0n) is 21.4. The first kappa shape index (κ1) is 28.5. The molecule has 2 aromatic heterocycles. The molecule has 17 heteroatoms. The number of hydrogen-bond donors (Lipinski definition) is 3. The molecule has 1 aliphatic carbocycles. The second kappa shape index (κ2) is 12.1. The summed E-state index contributed by atoms with van der Waals surface area (Å²) in [7, 11) is 2.38. The molecule has 0 bridgehead atoms. The molecule has 8 atom stereocenters. The fourth-order valence-electron chi connectivity index (χ4n) is 4.66. The van der Waals surface area contributed by atoms with Crippen LogP contribution in [0.15, 0.2) is 12.4 Å². The van der Waals surface area contributed by atoms with Crippen LogP contribution < -0.4 is 0 Å². The number of aliphatic hydroxyl groups excluding tert-OH is 3. The maximum absolute atomic E-state index is 11.8. The molecular weight excluding hydrogens is 524 g/mol. The number of carbonyl (C=O) groups is 3. The third kappa shape index (κ3) is 6.06. The second-order valence-corrected chi connectivity index (χ2v) is 9.13. The molecule has 214 valence electrons. The molecule has 0 radical (unpaired) electrons. The summed E-state index contributed by atoms with van der Waals surface area (Å²) in [6.45, 7) is 0.813. The van der Waals surface area contributed by atoms with Crippen molar-refractivity contribution in [1.82, 2.24) is 30.0 Å². The number of esters is 3. The minimum atomic E-state index is -1.55. The number of rotatable bonds is 8. The molecule has 17 nitrogen and oxygen atoms in total. The van der Waals surface area contributed by atoms with Gasteiger partial charge in [-0.15, -0.1) is 10.2 Å². The number of hydrogen-bond acceptors (Lipinski definition) is 15. The molecule has 4 unspecified atom stereocenters. The van der Waals surface area contributed by atoms with Gasteiger partial charge in [-0.25, -0.2) is 19.0 Å². The predicted octanol–water partition coefficient (Wildman–Crippen LogP) is -1.83. The largest absolute Gasteiger partial charge is 0.464 e. The molecule has 3 heterocycles. The van der Waals surface area contributed by atoms with E-state index in [-0.39, 0.29) is 18.0 Å². The van der Waals surface area contributed by atoms with Gasteiger partial charge < -0.3 is 39.0 Å². The van der Waals surface area contributed by atoms with Crippen molar-refractivity contribution >= 4 is 17.9 Å². The number of nitrogens with zero attached hydrogens (tertiary/aromatic N) is 6. The highest BCUT2D eigenvalue weighted by atomic mass is 16.7. The van der Waals surface area contributed by atoms with Crippen LogP contribution in [0.4, 0.5) is 0 Å². The van der Waals surface area contributed by atoms with Crippen LogP contribution in [0.25, 0.3) is 0 Å². The lowest BCUT2D eigenvalue weighted by molar-refractivity contribution is -0.309. The van der Waals surface area contributed by atoms with E-state index in [9.17, 15) is 29.7 Å². The van der Waals surface area contributed by atoms with E-state index >= 15 is 0 Å². The highest BCUT2D eigenvalue weighted by Gasteiger charge is 2.49. The lowest BCUT2D eigenvalue weighted by Crippen LogP contribution is -2.58. The van der Waals surface area contributed by atoms with Crippen LogP contribution in [0, 0.1) is 0 Å². The summed E-state index contributed by atoms with van der Waals surface area (Å²) >= 11 is 0. The smallest absolute Gasteiger partial charge is 0.360 e. The number of carbonyl (C=O) groups excluding carboxylic acids is 3. The van der Waals surface area contributed by atoms with Gasteiger partial charge in [0.15, 0.2) is 17.7 Å². The summed E-state index contributed by atoms with van der Waals surface area (Å²) in [5.74, 6) is -2.07. The molecular formula is C22H30N6O11. The number of ether oxygens (including phenoxy) is 5. The van der Waals surface area contributed by atoms with E-state index in [0.717, 1.165) is 11.8 Å². The Balaban J connectivity index is 1.55. The van der Waals surface area contributed by atoms with Crippen LogP contribution in [0.1, 0.15) is 59.2 Å². The molecule has 1 saturated carbocycles. The summed E-state index contributed by atoms with van der Waals surface area (Å²) in [6.07, 6.45) is -3.55. The molecule has 39 heavy (non-hydrogen) atoms. The van der Waals surface area contributed by atoms with Gasteiger partial charge in [-0.1, -0.05) is 10.4 Å². The number of methoxy groups -OCH3 is 2. The highest BCUT2D eigenvalue weighted by molar-refractivity contribution is 5.86. The van der Waals surface area contributed by atoms with E-state index in [0.29, 0.717) is 19.3 Å². The Kier molecular flexibility index (Phi) is 8.86. The van der Waals surface area contributed by atoms with Crippen LogP contribution in [0.2, 0.25) is 0 Å². The Morgan fingerprint density at radius 3 is 2.18 bits per heavy atom. The monoisotopic (exact) mass is 554 g/mol. The average molecular weight is 555 g/mol. The predicted molar refractivity (Wildman–Crippen MR) is 123 cm³/mol. The second-order valence-electron chi connectivity index (χ2n) is 9.13. The first-order valence-corrected chi connectivity index (χ1v) is 12.1. The van der Waals surface area contributed by atoms with Crippen molar-refractivity contribution in [1.29, 1.82) is 0 Å². The van der Waals surface area contributed by atoms with Gasteiger partial charge in [0.1, 0.15) is 37.1 Å². The first-order chi connectivity index (χ1) is 18.6. The lowest BCUT2D eigenvalue weighted by atomic mass is 9.89. The molecule has 0 aromatic carbocycles. The van der Waals surface area contributed by atoms with Crippen molar-refractivity contribution in [3.63, 3.8) is 0 Å². The summed E-state index contributed by atoms with van der Waals surface area (Å²) in [5, 5.41) is 48.5. The summed E-state index contributed by atoms with van der Waals surface area (Å²) < 4.78 is 28.5. The van der Waals surface area contributed by atoms with Gasteiger partial charge in [-0.2, -0.15) is 0 Å². The van der Waals surface area contributed by atoms with Crippen LogP contribution >= 0.6 is 0 Å². The number of aromatic nitrogens is 6. The molecule has 0 amide bonds. The van der Waals surface area contributed by atoms with E-state index in [1.54, 1.807) is 0 Å². The minimum absolute atomic E-state index is 0.0249. The van der Waals surface area contributed by atoms with Gasteiger partial charge in [0, 0.05) is 6.92 Å². The fourth-order valence-corrected chi connectivity index (χ4v) is 4.66. The van der Waals surface area contributed by atoms with Gasteiger partial charge in [0.2, 0.25) is 0 Å². The van der Waals surface area contributed by atoms with Crippen molar-refractivity contribution in [2.24, 2.45) is 0 Å². The van der Waals surface area contributed by atoms with Gasteiger partial charge >= 0.3 is 17.9 Å². The summed E-state index contributed by atoms with van der Waals surface area (Å²) in [4.78, 5) is 35.0. The fraction of sp³-hybridized carbons (Fsp3) is 0.682. The highest BCUT2D eigenvalue weighted by Crippen LogP contribution is 2.36. The quantitative estimate of drug-likeness (QED) is 0.241. The Labute approximate surface area is 221 Å². The summed E-state index contributed by atoms with van der Waals surface area (Å²) in [6, 6.07) is -1.84. The lowest BCUT2D eigenvalue weighted by Gasteiger charge is -2.44. The van der Waals surface area contributed by atoms with Crippen molar-refractivity contribution in [2.45, 2.75) is 75.1 Å². The topological polar surface area (TPSA) is 219 Å². The Bertz CT molecular complexity index is 1170. The van der Waals surface area contributed by atoms with Crippen molar-refractivity contribution in [3.05, 3.63) is 23.8 Å². The van der Waals surface area contributed by atoms with E-state index in [1.165, 1.54) is 31.1 Å². The van der Waals surface area contributed by atoms with E-state index < -0.39 is 66.8 Å². The molecule has 4 rings (SSSR count). The first-order valence-electron chi connectivity index (χ1n) is 12.1. The van der Waals surface area contributed by atoms with E-state index in [4.69, 9.17) is 14.2 Å². The van der Waals surface area contributed by atoms with Crippen LogP contribution in [0.3, 0.4) is 0 Å². The molecule has 0 spiro atoms. The Hall–Kier alpha value is -3.51. The Morgan fingerprint density at radius 1 is 0.949 bits per heavy atom. The molecule has 2 fully saturated rings. The van der Waals surface area contributed by atoms with Crippen molar-refractivity contribution in [2.75, 3.05) is 20.8 Å². The molecule has 2 aromatic rings. The molecule has 1 aliphatic heterocycles. The molecule has 3 N–H and O–H groups in total. The van der Waals surface area contributed by atoms with Gasteiger partial charge in [-0.05, 0) is 19.3 Å². The van der Waals surface area contributed by atoms with E-state index in [1.807, 2.05) is 0 Å². The van der Waals surface area contributed by atoms with Crippen LogP contribution in [-0.4, -0.2) is 121 Å². The zero-order valence-corrected chi connectivity index (χ0v) is 21.4. The minimum Gasteiger partial charge on any atom is -0.464 e. The maximum atomic E-state index is 11.8. The molecule has 2 aliphatic rings. The number of aliphatic hydroxyl groups is 3. The Morgan fingerprint density at radius 2 is 1.56 bits per heavy atom. The zero-order chi connectivity index (χ0) is 28.3. The standard InChI is InChI=1S/C22H30N6O11/c1-10(29)37-9-15-18(31)16(28-8-12(24-26-28)21(34)36-3)19(32)22(39-15)38-14-6-4-5-13(17(14)30)27-7-11(23-25-27)20(33)35-2/h7-8,13-19,22,30-32H,4-6,9H2,1-3H3/t13?,14-,15?,16?,17?,18+,19+,22-/m1/s1. The summed E-state index contributed by atoms with van der Waals surface area (Å²) in [5.41, 5.74) is -0.190. The normalized spacial score (nSPS) is 30.9. The van der Waals surface area contributed by atoms with Gasteiger partial charge in [-0.3, -0.25) is 4.79 Å². The third-order valence-electron chi connectivity index (χ3n) is 6.65. The average Bonchev–Trinajstić information content (AvgIpc) is 3.60. The SMILES string of the molecule is COC(=O)c1cn(C2CCC[C@@H](O[C@@H]3OC(COC(C)=O)[C@H](O)C(n4cc(C(=O)OC)nn4)[C@@H]3O)C2O)nn1. The maximum Gasteiger partial charge on any atom is 0.360 e. The van der Waals surface area contributed by atoms with Gasteiger partial charge in [0.05, 0.1) is 38.8 Å². The van der Waals surface area contributed by atoms with Crippen molar-refractivity contribution in [3.8, 4) is 0 Å². The third-order valence-corrected chi connectivity index (χ3v) is 6.65. The van der Waals surface area contributed by atoms with Gasteiger partial charge in [0.25, 0.3) is 0 Å². The van der Waals surface area contributed by atoms with E-state index in [2.05, 4.69) is 30.1 Å².